The third-order valence-electron chi connectivity index (χ3n) is 23.1. The summed E-state index contributed by atoms with van der Waals surface area (Å²) >= 11 is 0. The van der Waals surface area contributed by atoms with Crippen LogP contribution in [0, 0.1) is 47.7 Å². The summed E-state index contributed by atoms with van der Waals surface area (Å²) in [6.07, 6.45) is 18.4. The number of aromatic nitrogens is 3. The van der Waals surface area contributed by atoms with E-state index in [4.69, 9.17) is 0 Å². The molecule has 2 fully saturated rings. The van der Waals surface area contributed by atoms with Crippen molar-refractivity contribution in [2.75, 3.05) is 29.4 Å². The molecule has 0 spiro atoms. The van der Waals surface area contributed by atoms with Crippen molar-refractivity contribution in [1.82, 2.24) is 15.0 Å². The van der Waals surface area contributed by atoms with Gasteiger partial charge in [0, 0.05) is 57.6 Å². The second-order valence-electron chi connectivity index (χ2n) is 32.9. The van der Waals surface area contributed by atoms with Crippen LogP contribution in [0.4, 0.5) is 45.5 Å². The fraction of sp³-hybridized carbons (Fsp3) is 0.267. The Hall–Kier alpha value is -9.86. The molecule has 0 N–H and O–H groups in total. The summed E-state index contributed by atoms with van der Waals surface area (Å²) in [6.45, 7) is 33.8. The predicted molar refractivity (Wildman–Crippen MR) is 488 cm³/mol. The topological polar surface area (TPSA) is 61.7 Å². The van der Waals surface area contributed by atoms with Crippen molar-refractivity contribution in [2.24, 2.45) is 0 Å². The van der Waals surface area contributed by atoms with Crippen LogP contribution in [0.2, 0.25) is 0 Å². The molecule has 9 nitrogen and oxygen atoms in total. The van der Waals surface area contributed by atoms with E-state index >= 15 is 0 Å². The number of hydrogen-bond acceptors (Lipinski definition) is 6. The van der Waals surface area contributed by atoms with E-state index in [9.17, 15) is 0 Å². The fourth-order valence-electron chi connectivity index (χ4n) is 17.6. The summed E-state index contributed by atoms with van der Waals surface area (Å²) < 4.78 is 0. The zero-order valence-corrected chi connectivity index (χ0v) is 72.6. The monoisotopic (exact) mass is 1690 g/mol. The summed E-state index contributed by atoms with van der Waals surface area (Å²) in [5.41, 5.74) is 27.7. The van der Waals surface area contributed by atoms with Crippen LogP contribution < -0.4 is 44.4 Å². The Bertz CT molecular complexity index is 5130. The largest absolute Gasteiger partial charge is 2.00 e. The molecule has 0 amide bonds. The Labute approximate surface area is 727 Å². The molecule has 5 aliphatic rings. The molecule has 0 unspecified atom stereocenters. The van der Waals surface area contributed by atoms with Gasteiger partial charge in [-0.3, -0.25) is 0 Å². The minimum absolute atomic E-state index is 0. The van der Waals surface area contributed by atoms with Gasteiger partial charge >= 0.3 is 51.2 Å². The maximum absolute atomic E-state index is 4.52. The predicted octanol–water partition coefficient (Wildman–Crippen LogP) is 28.4. The van der Waals surface area contributed by atoms with Crippen molar-refractivity contribution in [1.29, 1.82) is 0 Å². The van der Waals surface area contributed by atoms with E-state index in [1.54, 1.807) is 0 Å². The molecule has 2 saturated carbocycles. The average Bonchev–Trinajstić information content (AvgIpc) is 1.59. The van der Waals surface area contributed by atoms with Crippen LogP contribution in [-0.4, -0.2) is 12.1 Å². The van der Waals surface area contributed by atoms with Crippen molar-refractivity contribution in [2.45, 2.75) is 183 Å². The summed E-state index contributed by atoms with van der Waals surface area (Å²) in [6, 6.07) is 95.4. The third kappa shape index (κ3) is 19.5. The summed E-state index contributed by atoms with van der Waals surface area (Å²) in [7, 11) is 0. The number of para-hydroxylation sites is 12. The van der Waals surface area contributed by atoms with Crippen LogP contribution in [0.25, 0.3) is 65.4 Å². The fourth-order valence-corrected chi connectivity index (χ4v) is 17.6. The van der Waals surface area contributed by atoms with Gasteiger partial charge in [-0.05, 0) is 215 Å². The quantitative estimate of drug-likeness (QED) is 0.0984. The summed E-state index contributed by atoms with van der Waals surface area (Å²) in [5.74, 6) is 1.92. The number of fused-ring (bicyclic) bond motifs is 11. The number of aryl methyl sites for hydroxylation is 4. The zero-order valence-electron chi connectivity index (χ0n) is 69.8. The van der Waals surface area contributed by atoms with Crippen molar-refractivity contribution < 1.29 is 51.2 Å². The molecule has 6 heterocycles. The van der Waals surface area contributed by atoms with E-state index in [0.717, 1.165) is 45.2 Å². The van der Waals surface area contributed by atoms with Crippen molar-refractivity contribution in [3.8, 4) is 0 Å². The van der Waals surface area contributed by atoms with E-state index in [-0.39, 0.29) is 51.2 Å². The molecule has 12 heteroatoms. The number of hydrogen-bond donors (Lipinski definition) is 0. The van der Waals surface area contributed by atoms with Gasteiger partial charge in [-0.15, -0.1) is 46.4 Å². The first-order valence-electron chi connectivity index (χ1n) is 41.8. The van der Waals surface area contributed by atoms with Crippen molar-refractivity contribution in [3.63, 3.8) is 0 Å². The van der Waals surface area contributed by atoms with E-state index in [1.807, 2.05) is 36.4 Å². The molecule has 3 radical (unpaired) electrons. The molecule has 0 atom stereocenters. The number of rotatable bonds is 10. The maximum Gasteiger partial charge on any atom is 2.00 e. The number of anilines is 8. The van der Waals surface area contributed by atoms with E-state index in [1.165, 1.54) is 187 Å². The third-order valence-corrected chi connectivity index (χ3v) is 23.1. The first kappa shape index (κ1) is 86.5. The van der Waals surface area contributed by atoms with Gasteiger partial charge in [0.05, 0.1) is 0 Å². The van der Waals surface area contributed by atoms with Crippen LogP contribution in [0.5, 0.6) is 0 Å². The van der Waals surface area contributed by atoms with Crippen LogP contribution in [0.1, 0.15) is 188 Å². The molecule has 609 valence electrons. The van der Waals surface area contributed by atoms with Gasteiger partial charge in [0.25, 0.3) is 0 Å². The van der Waals surface area contributed by atoms with E-state index in [2.05, 4.69) is 390 Å². The molecule has 0 bridgehead atoms. The van der Waals surface area contributed by atoms with Gasteiger partial charge in [-0.25, -0.2) is 0 Å². The first-order valence-corrected chi connectivity index (χ1v) is 41.8. The SMILES string of the molecule is CC(C)c1cccc(C(C)C)c1N1C=CN(c2c(C(C)C)cccc2C(C)C)[CH-]1.Cc1cc(C)cc(N2[CH-]N(c3cc(C)cc(C)c3)c3ccccc32)c1.[Cu+2].[Cu+2].[Cu+2].c1ccc2c(c1)N(C1CCCCC1)[CH-]N2C1CCCCC1.c1ccc2c(c1)[n-]c1ccccc12.c1ccc2c(c1)[n-]c1ccccc12.c1ccc2c(c1)[n-]c1ccccc12. The molecule has 3 aliphatic heterocycles. The van der Waals surface area contributed by atoms with Gasteiger partial charge in [-0.2, -0.15) is 6.67 Å². The van der Waals surface area contributed by atoms with Gasteiger partial charge in [0.1, 0.15) is 0 Å². The van der Waals surface area contributed by atoms with Crippen LogP contribution in [0.3, 0.4) is 0 Å². The Kier molecular flexibility index (Phi) is 29.3. The minimum atomic E-state index is 0. The Balaban J connectivity index is 0.000000132. The minimum Gasteiger partial charge on any atom is -0.657 e. The molecule has 12 aromatic carbocycles. The molecule has 0 saturated heterocycles. The van der Waals surface area contributed by atoms with Gasteiger partial charge < -0.3 is 44.4 Å². The first-order chi connectivity index (χ1) is 55.5. The van der Waals surface area contributed by atoms with Gasteiger partial charge in [0.2, 0.25) is 0 Å². The molecule has 3 aromatic heterocycles. The standard InChI is InChI=1S/C27H37N2.C23H23N2.C19H27N2.3C12H8N.3Cu/c1-18(2)22-11-9-12-23(19(3)4)26(22)28-15-16-29(17-28)27-24(20(5)6)13-10-14-25(27)21(7)8;1-16-9-17(2)12-20(11-16)24-15-25(23-8-6-5-7-22(23)24)21-13-18(3)10-19(4)14-21;1-3-9-16(10-4-1)20-15-21(17-11-5-2-6-12-17)19-14-8-7-13-18(19)20;3*1-3-7-11-9(5-1)10-6-2-4-8-12(10)13-11;;;/h9-21H,1-8H3;5-15H,1-4H3;7-8,13-17H,1-6,9-12H2;3*1-8H;;;/q6*-1;3*+2. The second kappa shape index (κ2) is 39.6. The van der Waals surface area contributed by atoms with E-state index in [0.29, 0.717) is 23.7 Å². The molecule has 2 aliphatic carbocycles. The summed E-state index contributed by atoms with van der Waals surface area (Å²) in [5, 5.41) is 7.49. The molecule has 20 rings (SSSR count). The van der Waals surface area contributed by atoms with Crippen molar-refractivity contribution in [3.05, 3.63) is 344 Å². The Morgan fingerprint density at radius 1 is 0.274 bits per heavy atom. The Morgan fingerprint density at radius 2 is 0.521 bits per heavy atom. The normalized spacial score (nSPS) is 14.5. The summed E-state index contributed by atoms with van der Waals surface area (Å²) in [4.78, 5) is 28.0. The van der Waals surface area contributed by atoms with Crippen molar-refractivity contribution >= 4 is 111 Å². The van der Waals surface area contributed by atoms with Crippen LogP contribution in [-0.2, 0) is 51.2 Å². The molecular weight excluding hydrogens is 1580 g/mol. The smallest absolute Gasteiger partial charge is 0.657 e. The molecular formula is C105H111Cu3N9. The van der Waals surface area contributed by atoms with E-state index < -0.39 is 0 Å². The maximum atomic E-state index is 4.52. The molecule has 117 heavy (non-hydrogen) atoms. The second-order valence-corrected chi connectivity index (χ2v) is 32.9. The van der Waals surface area contributed by atoms with Crippen LogP contribution >= 0.6 is 0 Å². The van der Waals surface area contributed by atoms with Gasteiger partial charge in [0.15, 0.2) is 0 Å². The average molecular weight is 1690 g/mol. The number of nitrogens with zero attached hydrogens (tertiary/aromatic N) is 9. The zero-order chi connectivity index (χ0) is 78.9. The molecule has 15 aromatic rings. The number of benzene rings is 12. The van der Waals surface area contributed by atoms with Crippen LogP contribution in [0.15, 0.2) is 279 Å². The van der Waals surface area contributed by atoms with Gasteiger partial charge in [-0.1, -0.05) is 312 Å². The Morgan fingerprint density at radius 3 is 0.786 bits per heavy atom.